The zero-order chi connectivity index (χ0) is 20.5. The third kappa shape index (κ3) is 3.89. The molecule has 0 bridgehead atoms. The van der Waals surface area contributed by atoms with Gasteiger partial charge in [0.2, 0.25) is 11.8 Å². The second-order valence-electron chi connectivity index (χ2n) is 8.95. The number of hydrogen-bond donors (Lipinski definition) is 0. The van der Waals surface area contributed by atoms with Crippen LogP contribution in [0, 0.1) is 11.8 Å². The molecule has 0 radical (unpaired) electrons. The maximum Gasteiger partial charge on any atom is 0.234 e. The Hall–Kier alpha value is -2.42. The van der Waals surface area contributed by atoms with Crippen molar-refractivity contribution < 1.29 is 9.59 Å². The number of carbonyl (C=O) groups excluding carboxylic acids is 2. The maximum absolute atomic E-state index is 13.2. The molecular weight excluding hydrogens is 346 g/mol. The van der Waals surface area contributed by atoms with Crippen molar-refractivity contribution in [3.8, 4) is 0 Å². The summed E-state index contributed by atoms with van der Waals surface area (Å²) >= 11 is 0. The highest BCUT2D eigenvalue weighted by molar-refractivity contribution is 6.05. The smallest absolute Gasteiger partial charge is 0.234 e. The Labute approximate surface area is 168 Å². The molecule has 3 unspecified atom stereocenters. The number of rotatable bonds is 5. The van der Waals surface area contributed by atoms with E-state index in [1.807, 2.05) is 37.3 Å². The van der Waals surface area contributed by atoms with E-state index in [9.17, 15) is 9.59 Å². The minimum absolute atomic E-state index is 0.0342. The average Bonchev–Trinajstić information content (AvgIpc) is 2.87. The summed E-state index contributed by atoms with van der Waals surface area (Å²) in [4.78, 5) is 27.6. The minimum Gasteiger partial charge on any atom is -0.278 e. The van der Waals surface area contributed by atoms with E-state index < -0.39 is 0 Å². The third-order valence-electron chi connectivity index (χ3n) is 6.01. The van der Waals surface area contributed by atoms with Gasteiger partial charge in [-0.25, -0.2) is 0 Å². The van der Waals surface area contributed by atoms with Gasteiger partial charge in [0, 0.05) is 5.92 Å². The molecule has 2 amide bonds. The van der Waals surface area contributed by atoms with E-state index in [1.165, 1.54) is 10.5 Å². The largest absolute Gasteiger partial charge is 0.278 e. The Morgan fingerprint density at radius 2 is 1.54 bits per heavy atom. The van der Waals surface area contributed by atoms with Gasteiger partial charge in [-0.1, -0.05) is 89.2 Å². The summed E-state index contributed by atoms with van der Waals surface area (Å²) in [6.07, 6.45) is 0.835. The highest BCUT2D eigenvalue weighted by atomic mass is 16.2. The molecule has 1 saturated heterocycles. The number of imide groups is 1. The van der Waals surface area contributed by atoms with Crippen LogP contribution in [-0.4, -0.2) is 16.7 Å². The Kier molecular flexibility index (Phi) is 5.74. The molecule has 2 aromatic rings. The van der Waals surface area contributed by atoms with Gasteiger partial charge in [0.1, 0.15) is 0 Å². The van der Waals surface area contributed by atoms with Crippen molar-refractivity contribution in [1.29, 1.82) is 0 Å². The van der Waals surface area contributed by atoms with Crippen LogP contribution in [0.5, 0.6) is 0 Å². The molecule has 0 spiro atoms. The summed E-state index contributed by atoms with van der Waals surface area (Å²) in [5.74, 6) is -0.608. The summed E-state index contributed by atoms with van der Waals surface area (Å²) in [5.41, 5.74) is 3.51. The van der Waals surface area contributed by atoms with Gasteiger partial charge >= 0.3 is 0 Å². The standard InChI is InChI=1S/C25H31NO2/c1-6-21(19-12-14-20(15-13-19)25(3,4)5)22-17(2)23(27)26(24(22)28)16-18-10-8-7-9-11-18/h7-15,17,21-22H,6,16H2,1-5H3. The minimum atomic E-state index is -0.290. The molecule has 1 heterocycles. The van der Waals surface area contributed by atoms with Gasteiger partial charge < -0.3 is 0 Å². The number of benzene rings is 2. The summed E-state index contributed by atoms with van der Waals surface area (Å²) in [5, 5.41) is 0. The van der Waals surface area contributed by atoms with E-state index >= 15 is 0 Å². The van der Waals surface area contributed by atoms with Gasteiger partial charge in [0.05, 0.1) is 12.5 Å². The molecule has 3 atom stereocenters. The van der Waals surface area contributed by atoms with Gasteiger partial charge in [-0.05, 0) is 34.4 Å². The van der Waals surface area contributed by atoms with Crippen molar-refractivity contribution in [2.45, 2.75) is 58.9 Å². The van der Waals surface area contributed by atoms with E-state index in [1.54, 1.807) is 0 Å². The van der Waals surface area contributed by atoms with Gasteiger partial charge in [-0.3, -0.25) is 14.5 Å². The van der Waals surface area contributed by atoms with Crippen LogP contribution in [0.2, 0.25) is 0 Å². The predicted octanol–water partition coefficient (Wildman–Crippen LogP) is 5.30. The normalized spacial score (nSPS) is 21.2. The fraction of sp³-hybridized carbons (Fsp3) is 0.440. The van der Waals surface area contributed by atoms with Crippen LogP contribution in [-0.2, 0) is 21.5 Å². The highest BCUT2D eigenvalue weighted by Gasteiger charge is 2.48. The Bertz CT molecular complexity index is 833. The van der Waals surface area contributed by atoms with Crippen molar-refractivity contribution >= 4 is 11.8 Å². The molecular formula is C25H31NO2. The second-order valence-corrected chi connectivity index (χ2v) is 8.95. The van der Waals surface area contributed by atoms with E-state index in [0.717, 1.165) is 17.5 Å². The van der Waals surface area contributed by atoms with Crippen LogP contribution < -0.4 is 0 Å². The lowest BCUT2D eigenvalue weighted by atomic mass is 9.77. The topological polar surface area (TPSA) is 37.4 Å². The lowest BCUT2D eigenvalue weighted by Gasteiger charge is -2.25. The molecule has 1 aliphatic heterocycles. The van der Waals surface area contributed by atoms with Gasteiger partial charge in [-0.2, -0.15) is 0 Å². The monoisotopic (exact) mass is 377 g/mol. The summed E-state index contributed by atoms with van der Waals surface area (Å²) in [7, 11) is 0. The summed E-state index contributed by atoms with van der Waals surface area (Å²) in [6, 6.07) is 18.3. The van der Waals surface area contributed by atoms with E-state index in [-0.39, 0.29) is 35.0 Å². The zero-order valence-electron chi connectivity index (χ0n) is 17.6. The van der Waals surface area contributed by atoms with Crippen molar-refractivity contribution in [3.63, 3.8) is 0 Å². The Balaban J connectivity index is 1.86. The van der Waals surface area contributed by atoms with Gasteiger partial charge in [0.25, 0.3) is 0 Å². The fourth-order valence-electron chi connectivity index (χ4n) is 4.27. The first-order valence-electron chi connectivity index (χ1n) is 10.2. The maximum atomic E-state index is 13.2. The van der Waals surface area contributed by atoms with Crippen LogP contribution in [0.25, 0.3) is 0 Å². The van der Waals surface area contributed by atoms with Crippen molar-refractivity contribution in [1.82, 2.24) is 4.90 Å². The molecule has 3 nitrogen and oxygen atoms in total. The summed E-state index contributed by atoms with van der Waals surface area (Å²) < 4.78 is 0. The number of likely N-dealkylation sites (tertiary alicyclic amines) is 1. The molecule has 0 aliphatic carbocycles. The quantitative estimate of drug-likeness (QED) is 0.663. The van der Waals surface area contributed by atoms with Crippen LogP contribution in [0.3, 0.4) is 0 Å². The van der Waals surface area contributed by atoms with Crippen molar-refractivity contribution in [2.75, 3.05) is 0 Å². The van der Waals surface area contributed by atoms with Crippen LogP contribution in [0.4, 0.5) is 0 Å². The molecule has 1 fully saturated rings. The van der Waals surface area contributed by atoms with E-state index in [0.29, 0.717) is 6.54 Å². The first-order valence-corrected chi connectivity index (χ1v) is 10.2. The molecule has 0 aromatic heterocycles. The molecule has 28 heavy (non-hydrogen) atoms. The van der Waals surface area contributed by atoms with E-state index in [4.69, 9.17) is 0 Å². The molecule has 0 N–H and O–H groups in total. The zero-order valence-corrected chi connectivity index (χ0v) is 17.6. The van der Waals surface area contributed by atoms with Crippen molar-refractivity contribution in [3.05, 3.63) is 71.3 Å². The molecule has 1 aliphatic rings. The number of nitrogens with zero attached hydrogens (tertiary/aromatic N) is 1. The second kappa shape index (κ2) is 7.90. The van der Waals surface area contributed by atoms with Crippen LogP contribution in [0.15, 0.2) is 54.6 Å². The number of amides is 2. The molecule has 0 saturated carbocycles. The third-order valence-corrected chi connectivity index (χ3v) is 6.01. The molecule has 2 aromatic carbocycles. The SMILES string of the molecule is CCC(c1ccc(C(C)(C)C)cc1)C1C(=O)N(Cc2ccccc2)C(=O)C1C. The lowest BCUT2D eigenvalue weighted by molar-refractivity contribution is -0.140. The first kappa shape index (κ1) is 20.3. The van der Waals surface area contributed by atoms with Gasteiger partial charge in [0.15, 0.2) is 0 Å². The predicted molar refractivity (Wildman–Crippen MR) is 113 cm³/mol. The Morgan fingerprint density at radius 3 is 2.07 bits per heavy atom. The molecule has 3 heteroatoms. The van der Waals surface area contributed by atoms with Crippen LogP contribution >= 0.6 is 0 Å². The number of carbonyl (C=O) groups is 2. The number of hydrogen-bond acceptors (Lipinski definition) is 2. The van der Waals surface area contributed by atoms with Gasteiger partial charge in [-0.15, -0.1) is 0 Å². The summed E-state index contributed by atoms with van der Waals surface area (Å²) in [6.45, 7) is 11.0. The average molecular weight is 378 g/mol. The Morgan fingerprint density at radius 1 is 0.929 bits per heavy atom. The lowest BCUT2D eigenvalue weighted by Crippen LogP contribution is -2.31. The first-order chi connectivity index (χ1) is 13.2. The fourth-order valence-corrected chi connectivity index (χ4v) is 4.27. The molecule has 148 valence electrons. The molecule has 3 rings (SSSR count). The van der Waals surface area contributed by atoms with E-state index in [2.05, 4.69) is 52.0 Å². The van der Waals surface area contributed by atoms with Crippen LogP contribution in [0.1, 0.15) is 63.6 Å². The van der Waals surface area contributed by atoms with Crippen molar-refractivity contribution in [2.24, 2.45) is 11.8 Å². The highest BCUT2D eigenvalue weighted by Crippen LogP contribution is 2.40.